The van der Waals surface area contributed by atoms with E-state index in [0.29, 0.717) is 18.7 Å². The number of benzene rings is 3. The molecule has 3 rings (SSSR count). The summed E-state index contributed by atoms with van der Waals surface area (Å²) in [5.74, 6) is -0.355. The van der Waals surface area contributed by atoms with Crippen LogP contribution in [-0.2, 0) is 29.0 Å². The normalized spacial score (nSPS) is 11.6. The molecule has 0 saturated heterocycles. The number of hydrogen-bond acceptors (Lipinski definition) is 3. The first kappa shape index (κ1) is 28.4. The third-order valence-corrected chi connectivity index (χ3v) is 6.74. The topological polar surface area (TPSA) is 58.6 Å². The van der Waals surface area contributed by atoms with Crippen LogP contribution in [0.3, 0.4) is 0 Å². The number of carbonyl (C=O) groups is 2. The van der Waals surface area contributed by atoms with Crippen molar-refractivity contribution in [2.75, 3.05) is 13.2 Å². The molecule has 0 saturated carbocycles. The van der Waals surface area contributed by atoms with Gasteiger partial charge in [-0.15, -0.1) is 0 Å². The second-order valence-electron chi connectivity index (χ2n) is 8.91. The summed E-state index contributed by atoms with van der Waals surface area (Å²) in [6.07, 6.45) is 3.03. The third-order valence-electron chi connectivity index (χ3n) is 6.12. The van der Waals surface area contributed by atoms with Crippen LogP contribution in [0, 0.1) is 5.82 Å². The molecule has 37 heavy (non-hydrogen) atoms. The Labute approximate surface area is 227 Å². The molecule has 1 N–H and O–H groups in total. The number of ether oxygens (including phenoxy) is 1. The number of amides is 2. The molecule has 1 unspecified atom stereocenters. The molecule has 196 valence electrons. The molecule has 1 atom stereocenters. The predicted molar refractivity (Wildman–Crippen MR) is 148 cm³/mol. The van der Waals surface area contributed by atoms with Crippen molar-refractivity contribution < 1.29 is 18.7 Å². The molecular formula is C30H34BrFN2O3. The lowest BCUT2D eigenvalue weighted by Crippen LogP contribution is -2.51. The monoisotopic (exact) mass is 568 g/mol. The van der Waals surface area contributed by atoms with Crippen LogP contribution in [0.15, 0.2) is 77.3 Å². The van der Waals surface area contributed by atoms with Crippen LogP contribution in [0.5, 0.6) is 5.75 Å². The van der Waals surface area contributed by atoms with Gasteiger partial charge in [0.1, 0.15) is 17.6 Å². The number of aryl methyl sites for hydroxylation is 1. The van der Waals surface area contributed by atoms with E-state index in [-0.39, 0.29) is 30.8 Å². The molecule has 0 fully saturated rings. The van der Waals surface area contributed by atoms with Gasteiger partial charge in [0.25, 0.3) is 5.91 Å². The number of halogens is 2. The van der Waals surface area contributed by atoms with Crippen LogP contribution in [-0.4, -0.2) is 35.9 Å². The van der Waals surface area contributed by atoms with E-state index in [9.17, 15) is 14.0 Å². The van der Waals surface area contributed by atoms with Gasteiger partial charge in [0, 0.05) is 19.5 Å². The average Bonchev–Trinajstić information content (AvgIpc) is 2.91. The summed E-state index contributed by atoms with van der Waals surface area (Å²) in [5.41, 5.74) is 2.81. The number of rotatable bonds is 13. The highest BCUT2D eigenvalue weighted by Crippen LogP contribution is 2.26. The second-order valence-corrected chi connectivity index (χ2v) is 9.76. The standard InChI is InChI=1S/C30H34BrFN2O3/c1-3-5-17-33-30(36)27(19-23-9-7-6-8-10-23)34(20-24-11-14-25(32)15-12-24)29(35)21-37-28-16-13-22(4-2)18-26(28)31/h6-16,18,27H,3-5,17,19-21H2,1-2H3,(H,33,36). The van der Waals surface area contributed by atoms with Crippen molar-refractivity contribution >= 4 is 27.7 Å². The smallest absolute Gasteiger partial charge is 0.261 e. The number of nitrogens with one attached hydrogen (secondary N) is 1. The molecule has 0 aromatic heterocycles. The summed E-state index contributed by atoms with van der Waals surface area (Å²) in [6, 6.07) is 20.6. The third kappa shape index (κ3) is 8.71. The summed E-state index contributed by atoms with van der Waals surface area (Å²) in [7, 11) is 0. The molecule has 5 nitrogen and oxygen atoms in total. The zero-order valence-corrected chi connectivity index (χ0v) is 23.0. The van der Waals surface area contributed by atoms with Gasteiger partial charge in [-0.25, -0.2) is 4.39 Å². The quantitative estimate of drug-likeness (QED) is 0.254. The molecule has 7 heteroatoms. The van der Waals surface area contributed by atoms with Crippen LogP contribution in [0.4, 0.5) is 4.39 Å². The van der Waals surface area contributed by atoms with Gasteiger partial charge in [-0.1, -0.05) is 68.8 Å². The van der Waals surface area contributed by atoms with Gasteiger partial charge in [0.05, 0.1) is 4.47 Å². The Morgan fingerprint density at radius 2 is 1.68 bits per heavy atom. The van der Waals surface area contributed by atoms with Gasteiger partial charge in [0.2, 0.25) is 5.91 Å². The van der Waals surface area contributed by atoms with Gasteiger partial charge < -0.3 is 15.0 Å². The fourth-order valence-corrected chi connectivity index (χ4v) is 4.49. The van der Waals surface area contributed by atoms with E-state index in [2.05, 4.69) is 35.1 Å². The summed E-state index contributed by atoms with van der Waals surface area (Å²) in [6.45, 7) is 4.57. The molecule has 0 aliphatic heterocycles. The maximum atomic E-state index is 13.6. The highest BCUT2D eigenvalue weighted by molar-refractivity contribution is 9.10. The van der Waals surface area contributed by atoms with E-state index < -0.39 is 6.04 Å². The highest BCUT2D eigenvalue weighted by Gasteiger charge is 2.30. The van der Waals surface area contributed by atoms with E-state index >= 15 is 0 Å². The van der Waals surface area contributed by atoms with Crippen molar-refractivity contribution in [1.29, 1.82) is 0 Å². The van der Waals surface area contributed by atoms with Crippen molar-refractivity contribution in [3.8, 4) is 5.75 Å². The number of unbranched alkanes of at least 4 members (excludes halogenated alkanes) is 1. The lowest BCUT2D eigenvalue weighted by atomic mass is 10.0. The van der Waals surface area contributed by atoms with Crippen LogP contribution in [0.2, 0.25) is 0 Å². The van der Waals surface area contributed by atoms with Crippen LogP contribution >= 0.6 is 15.9 Å². The molecule has 3 aromatic rings. The maximum Gasteiger partial charge on any atom is 0.261 e. The Kier molecular flexibility index (Phi) is 11.1. The minimum absolute atomic E-state index is 0.150. The molecule has 0 aliphatic rings. The lowest BCUT2D eigenvalue weighted by molar-refractivity contribution is -0.142. The van der Waals surface area contributed by atoms with Crippen molar-refractivity contribution in [2.45, 2.75) is 52.1 Å². The van der Waals surface area contributed by atoms with E-state index in [1.165, 1.54) is 17.0 Å². The first-order chi connectivity index (χ1) is 17.9. The molecule has 0 bridgehead atoms. The van der Waals surface area contributed by atoms with Gasteiger partial charge in [-0.2, -0.15) is 0 Å². The Bertz CT molecular complexity index is 1160. The van der Waals surface area contributed by atoms with E-state index in [1.54, 1.807) is 12.1 Å². The molecule has 0 spiro atoms. The highest BCUT2D eigenvalue weighted by atomic mass is 79.9. The van der Waals surface area contributed by atoms with Crippen LogP contribution in [0.25, 0.3) is 0 Å². The molecule has 0 aliphatic carbocycles. The molecule has 3 aromatic carbocycles. The fraction of sp³-hybridized carbons (Fsp3) is 0.333. The second kappa shape index (κ2) is 14.5. The largest absolute Gasteiger partial charge is 0.483 e. The fourth-order valence-electron chi connectivity index (χ4n) is 3.95. The van der Waals surface area contributed by atoms with E-state index in [0.717, 1.165) is 40.4 Å². The van der Waals surface area contributed by atoms with Crippen molar-refractivity contribution in [1.82, 2.24) is 10.2 Å². The van der Waals surface area contributed by atoms with Crippen molar-refractivity contribution in [2.24, 2.45) is 0 Å². The zero-order valence-electron chi connectivity index (χ0n) is 21.4. The van der Waals surface area contributed by atoms with E-state index in [1.807, 2.05) is 48.5 Å². The van der Waals surface area contributed by atoms with Gasteiger partial charge >= 0.3 is 0 Å². The summed E-state index contributed by atoms with van der Waals surface area (Å²) >= 11 is 3.52. The molecule has 2 amide bonds. The summed E-state index contributed by atoms with van der Waals surface area (Å²) in [5, 5.41) is 2.99. The Morgan fingerprint density at radius 1 is 0.973 bits per heavy atom. The molecule has 0 radical (unpaired) electrons. The van der Waals surface area contributed by atoms with E-state index in [4.69, 9.17) is 4.74 Å². The van der Waals surface area contributed by atoms with Crippen molar-refractivity contribution in [3.05, 3.63) is 99.8 Å². The predicted octanol–water partition coefficient (Wildman–Crippen LogP) is 6.09. The van der Waals surface area contributed by atoms with Gasteiger partial charge in [0.15, 0.2) is 6.61 Å². The summed E-state index contributed by atoms with van der Waals surface area (Å²) < 4.78 is 20.2. The number of carbonyl (C=O) groups excluding carboxylic acids is 2. The molecular weight excluding hydrogens is 535 g/mol. The number of hydrogen-bond donors (Lipinski definition) is 1. The first-order valence-corrected chi connectivity index (χ1v) is 13.5. The Balaban J connectivity index is 1.88. The average molecular weight is 570 g/mol. The summed E-state index contributed by atoms with van der Waals surface area (Å²) in [4.78, 5) is 28.6. The minimum atomic E-state index is -0.758. The number of nitrogens with zero attached hydrogens (tertiary/aromatic N) is 1. The van der Waals surface area contributed by atoms with Crippen LogP contribution in [0.1, 0.15) is 43.4 Å². The van der Waals surface area contributed by atoms with Crippen LogP contribution < -0.4 is 10.1 Å². The Morgan fingerprint density at radius 3 is 2.32 bits per heavy atom. The van der Waals surface area contributed by atoms with Crippen molar-refractivity contribution in [3.63, 3.8) is 0 Å². The first-order valence-electron chi connectivity index (χ1n) is 12.7. The SMILES string of the molecule is CCCCNC(=O)C(Cc1ccccc1)N(Cc1ccc(F)cc1)C(=O)COc1ccc(CC)cc1Br. The van der Waals surface area contributed by atoms with Gasteiger partial charge in [-0.3, -0.25) is 9.59 Å². The zero-order chi connectivity index (χ0) is 26.6. The van der Waals surface area contributed by atoms with Gasteiger partial charge in [-0.05, 0) is 69.7 Å². The maximum absolute atomic E-state index is 13.6. The minimum Gasteiger partial charge on any atom is -0.483 e. The molecule has 0 heterocycles. The Hall–Kier alpha value is -3.19. The lowest BCUT2D eigenvalue weighted by Gasteiger charge is -2.31.